The molecule has 7 heteroatoms. The van der Waals surface area contributed by atoms with Gasteiger partial charge in [0, 0.05) is 39.1 Å². The van der Waals surface area contributed by atoms with Crippen LogP contribution >= 0.6 is 0 Å². The van der Waals surface area contributed by atoms with Gasteiger partial charge in [0.25, 0.3) is 5.91 Å². The van der Waals surface area contributed by atoms with Crippen LogP contribution in [0.1, 0.15) is 48.5 Å². The van der Waals surface area contributed by atoms with E-state index in [4.69, 9.17) is 0 Å². The van der Waals surface area contributed by atoms with E-state index < -0.39 is 0 Å². The molecule has 0 spiro atoms. The van der Waals surface area contributed by atoms with Crippen molar-refractivity contribution in [2.45, 2.75) is 51.1 Å². The molecule has 1 aromatic heterocycles. The summed E-state index contributed by atoms with van der Waals surface area (Å²) in [6, 6.07) is 0.136. The number of carbonyl (C=O) groups excluding carboxylic acids is 2. The van der Waals surface area contributed by atoms with Gasteiger partial charge in [0.2, 0.25) is 11.7 Å². The van der Waals surface area contributed by atoms with Crippen LogP contribution < -0.4 is 0 Å². The van der Waals surface area contributed by atoms with Crippen LogP contribution in [0.2, 0.25) is 0 Å². The van der Waals surface area contributed by atoms with Gasteiger partial charge in [0.1, 0.15) is 5.82 Å². The van der Waals surface area contributed by atoms with Crippen molar-refractivity contribution < 1.29 is 9.59 Å². The second kappa shape index (κ2) is 5.62. The number of hydrogen-bond donors (Lipinski definition) is 0. The van der Waals surface area contributed by atoms with Crippen LogP contribution in [0.15, 0.2) is 0 Å². The fourth-order valence-electron chi connectivity index (χ4n) is 4.11. The van der Waals surface area contributed by atoms with E-state index in [9.17, 15) is 9.59 Å². The molecule has 4 aliphatic heterocycles. The fraction of sp³-hybridized carbons (Fsp3) is 0.750. The molecular weight excluding hydrogens is 294 g/mol. The van der Waals surface area contributed by atoms with E-state index in [-0.39, 0.29) is 23.8 Å². The van der Waals surface area contributed by atoms with E-state index in [1.54, 1.807) is 0 Å². The Bertz CT molecular complexity index is 640. The maximum atomic E-state index is 13.0. The number of aromatic nitrogens is 3. The highest BCUT2D eigenvalue weighted by atomic mass is 16.2. The van der Waals surface area contributed by atoms with Gasteiger partial charge >= 0.3 is 0 Å². The van der Waals surface area contributed by atoms with Crippen LogP contribution in [0.5, 0.6) is 0 Å². The zero-order valence-electron chi connectivity index (χ0n) is 13.6. The van der Waals surface area contributed by atoms with Crippen molar-refractivity contribution in [1.82, 2.24) is 24.6 Å². The molecule has 4 aliphatic rings. The first-order chi connectivity index (χ1) is 11.1. The Balaban J connectivity index is 1.60. The number of likely N-dealkylation sites (N-methyl/N-ethyl adjacent to an activating group) is 1. The minimum absolute atomic E-state index is 0.0609. The zero-order chi connectivity index (χ0) is 16.0. The first kappa shape index (κ1) is 14.7. The van der Waals surface area contributed by atoms with Crippen LogP contribution in [-0.2, 0) is 17.8 Å². The van der Waals surface area contributed by atoms with E-state index in [1.807, 2.05) is 21.4 Å². The summed E-state index contributed by atoms with van der Waals surface area (Å²) in [5, 5.41) is 8.40. The van der Waals surface area contributed by atoms with Crippen LogP contribution in [0, 0.1) is 5.92 Å². The third-order valence-electron chi connectivity index (χ3n) is 5.55. The molecule has 5 rings (SSSR count). The molecular formula is C16H23N5O2. The Labute approximate surface area is 135 Å². The topological polar surface area (TPSA) is 71.3 Å². The Morgan fingerprint density at radius 3 is 2.87 bits per heavy atom. The van der Waals surface area contributed by atoms with Crippen molar-refractivity contribution in [3.63, 3.8) is 0 Å². The second-order valence-corrected chi connectivity index (χ2v) is 6.99. The molecule has 0 N–H and O–H groups in total. The highest BCUT2D eigenvalue weighted by Crippen LogP contribution is 2.28. The smallest absolute Gasteiger partial charge is 0.291 e. The number of piperidine rings is 1. The van der Waals surface area contributed by atoms with Crippen LogP contribution in [0.4, 0.5) is 0 Å². The normalized spacial score (nSPS) is 27.6. The van der Waals surface area contributed by atoms with Crippen molar-refractivity contribution in [2.24, 2.45) is 5.92 Å². The van der Waals surface area contributed by atoms with Crippen LogP contribution in [0.3, 0.4) is 0 Å². The molecule has 7 nitrogen and oxygen atoms in total. The highest BCUT2D eigenvalue weighted by molar-refractivity contribution is 5.92. The molecule has 2 bridgehead atoms. The summed E-state index contributed by atoms with van der Waals surface area (Å²) in [5.41, 5.74) is 0. The fourth-order valence-corrected chi connectivity index (χ4v) is 4.11. The van der Waals surface area contributed by atoms with Crippen molar-refractivity contribution in [3.8, 4) is 0 Å². The number of nitrogens with zero attached hydrogens (tertiary/aromatic N) is 5. The molecule has 0 saturated carbocycles. The number of carbonyl (C=O) groups is 2. The quantitative estimate of drug-likeness (QED) is 0.764. The van der Waals surface area contributed by atoms with Crippen LogP contribution in [-0.4, -0.2) is 62.6 Å². The summed E-state index contributed by atoms with van der Waals surface area (Å²) in [6.07, 6.45) is 6.11. The van der Waals surface area contributed by atoms with Gasteiger partial charge in [-0.2, -0.15) is 0 Å². The Morgan fingerprint density at radius 2 is 2.00 bits per heavy atom. The van der Waals surface area contributed by atoms with Gasteiger partial charge < -0.3 is 14.4 Å². The summed E-state index contributed by atoms with van der Waals surface area (Å²) in [4.78, 5) is 28.9. The van der Waals surface area contributed by atoms with Gasteiger partial charge in [-0.1, -0.05) is 6.42 Å². The summed E-state index contributed by atoms with van der Waals surface area (Å²) >= 11 is 0. The highest BCUT2D eigenvalue weighted by Gasteiger charge is 2.41. The van der Waals surface area contributed by atoms with Gasteiger partial charge in [0.05, 0.1) is 5.92 Å². The lowest BCUT2D eigenvalue weighted by atomic mass is 9.95. The Morgan fingerprint density at radius 1 is 1.13 bits per heavy atom. The average Bonchev–Trinajstić information content (AvgIpc) is 2.74. The predicted molar refractivity (Wildman–Crippen MR) is 82.8 cm³/mol. The van der Waals surface area contributed by atoms with Gasteiger partial charge in [-0.05, 0) is 25.7 Å². The van der Waals surface area contributed by atoms with E-state index in [0.29, 0.717) is 18.9 Å². The van der Waals surface area contributed by atoms with Gasteiger partial charge in [-0.15, -0.1) is 10.2 Å². The Kier molecular flexibility index (Phi) is 3.58. The maximum absolute atomic E-state index is 13.0. The molecule has 1 aromatic rings. The van der Waals surface area contributed by atoms with Gasteiger partial charge in [-0.3, -0.25) is 9.59 Å². The van der Waals surface area contributed by atoms with E-state index in [2.05, 4.69) is 10.2 Å². The van der Waals surface area contributed by atoms with Crippen molar-refractivity contribution in [1.29, 1.82) is 0 Å². The summed E-state index contributed by atoms with van der Waals surface area (Å²) in [5.74, 6) is 1.44. The SMILES string of the molecule is CN1C(=O)[C@@H]2CC[C@H]1CN(C(=O)c1nnc3n1CCCCC3)C2. The molecule has 5 heterocycles. The molecule has 2 amide bonds. The minimum Gasteiger partial charge on any atom is -0.341 e. The predicted octanol–water partition coefficient (Wildman–Crippen LogP) is 0.697. The van der Waals surface area contributed by atoms with Crippen molar-refractivity contribution in [3.05, 3.63) is 11.6 Å². The summed E-state index contributed by atoms with van der Waals surface area (Å²) in [7, 11) is 1.86. The first-order valence-corrected chi connectivity index (χ1v) is 8.63. The third-order valence-corrected chi connectivity index (χ3v) is 5.55. The first-order valence-electron chi connectivity index (χ1n) is 8.63. The molecule has 23 heavy (non-hydrogen) atoms. The number of rotatable bonds is 1. The van der Waals surface area contributed by atoms with E-state index in [1.165, 1.54) is 6.42 Å². The molecule has 0 aliphatic carbocycles. The number of hydrogen-bond acceptors (Lipinski definition) is 4. The molecule has 2 atom stereocenters. The largest absolute Gasteiger partial charge is 0.341 e. The van der Waals surface area contributed by atoms with Gasteiger partial charge in [-0.25, -0.2) is 0 Å². The minimum atomic E-state index is -0.0642. The summed E-state index contributed by atoms with van der Waals surface area (Å²) in [6.45, 7) is 1.95. The second-order valence-electron chi connectivity index (χ2n) is 6.99. The molecule has 0 unspecified atom stereocenters. The maximum Gasteiger partial charge on any atom is 0.291 e. The van der Waals surface area contributed by atoms with Crippen molar-refractivity contribution >= 4 is 11.8 Å². The Hall–Kier alpha value is -1.92. The monoisotopic (exact) mass is 317 g/mol. The molecule has 0 radical (unpaired) electrons. The summed E-state index contributed by atoms with van der Waals surface area (Å²) < 4.78 is 1.99. The molecule has 3 saturated heterocycles. The lowest BCUT2D eigenvalue weighted by molar-refractivity contribution is -0.138. The van der Waals surface area contributed by atoms with E-state index in [0.717, 1.165) is 44.5 Å². The number of aryl methyl sites for hydroxylation is 1. The third kappa shape index (κ3) is 2.42. The number of amides is 2. The molecule has 124 valence electrons. The van der Waals surface area contributed by atoms with Crippen LogP contribution in [0.25, 0.3) is 0 Å². The average molecular weight is 317 g/mol. The van der Waals surface area contributed by atoms with E-state index >= 15 is 0 Å². The standard InChI is InChI=1S/C16H23N5O2/c1-19-12-7-6-11(15(19)22)9-20(10-12)16(23)14-18-17-13-5-3-2-4-8-21(13)14/h11-12H,2-10H2,1H3/t11-,12+/m1/s1. The van der Waals surface area contributed by atoms with Crippen molar-refractivity contribution in [2.75, 3.05) is 20.1 Å². The van der Waals surface area contributed by atoms with Gasteiger partial charge in [0.15, 0.2) is 0 Å². The lowest BCUT2D eigenvalue weighted by Gasteiger charge is -2.32. The zero-order valence-corrected chi connectivity index (χ0v) is 13.6. The lowest BCUT2D eigenvalue weighted by Crippen LogP contribution is -2.45. The molecule has 0 aromatic carbocycles. The molecule has 3 fully saturated rings. The number of fused-ring (bicyclic) bond motifs is 5.